The predicted octanol–water partition coefficient (Wildman–Crippen LogP) is 3.67. The van der Waals surface area contributed by atoms with E-state index in [9.17, 15) is 0 Å². The quantitative estimate of drug-likeness (QED) is 0.726. The first-order chi connectivity index (χ1) is 8.94. The Morgan fingerprint density at radius 2 is 1.74 bits per heavy atom. The van der Waals surface area contributed by atoms with E-state index < -0.39 is 8.07 Å². The molecule has 0 bridgehead atoms. The van der Waals surface area contributed by atoms with Crippen molar-refractivity contribution in [2.45, 2.75) is 69.2 Å². The van der Waals surface area contributed by atoms with Crippen LogP contribution in [0.2, 0.25) is 25.2 Å². The number of rotatable bonds is 4. The van der Waals surface area contributed by atoms with Crippen molar-refractivity contribution in [2.24, 2.45) is 0 Å². The summed E-state index contributed by atoms with van der Waals surface area (Å²) in [5.41, 5.74) is 0.618. The van der Waals surface area contributed by atoms with Gasteiger partial charge in [-0.3, -0.25) is 4.90 Å². The molecule has 112 valence electrons. The van der Waals surface area contributed by atoms with E-state index in [0.29, 0.717) is 5.54 Å². The smallest absolute Gasteiger partial charge is 0.0475 e. The Morgan fingerprint density at radius 1 is 1.05 bits per heavy atom. The Morgan fingerprint density at radius 3 is 2.37 bits per heavy atom. The molecule has 0 aliphatic carbocycles. The summed E-state index contributed by atoms with van der Waals surface area (Å²) in [6, 6.07) is 3.13. The number of hydrogen-bond acceptors (Lipinski definition) is 2. The van der Waals surface area contributed by atoms with E-state index in [1.165, 1.54) is 58.2 Å². The van der Waals surface area contributed by atoms with Crippen LogP contribution in [0.15, 0.2) is 0 Å². The first kappa shape index (κ1) is 15.5. The standard InChI is InChI=1S/C16H34N2Si/c1-17(2)11-7-13-18-12-6-5-8-16(18)9-14-19(3,4)15-10-16/h5-15H2,1-4H3. The molecule has 0 radical (unpaired) electrons. The molecule has 3 heteroatoms. The van der Waals surface area contributed by atoms with Crippen molar-refractivity contribution in [3.63, 3.8) is 0 Å². The van der Waals surface area contributed by atoms with Gasteiger partial charge in [0.25, 0.3) is 0 Å². The summed E-state index contributed by atoms with van der Waals surface area (Å²) in [5.74, 6) is 0. The Hall–Kier alpha value is 0.137. The second-order valence-electron chi connectivity index (χ2n) is 7.99. The van der Waals surface area contributed by atoms with Gasteiger partial charge in [0.15, 0.2) is 0 Å². The van der Waals surface area contributed by atoms with E-state index in [0.717, 1.165) is 0 Å². The maximum atomic E-state index is 2.89. The van der Waals surface area contributed by atoms with Crippen molar-refractivity contribution in [3.05, 3.63) is 0 Å². The molecule has 2 rings (SSSR count). The third kappa shape index (κ3) is 4.05. The third-order valence-corrected chi connectivity index (χ3v) is 8.77. The van der Waals surface area contributed by atoms with E-state index in [1.807, 2.05) is 0 Å². The zero-order valence-corrected chi connectivity index (χ0v) is 14.7. The maximum absolute atomic E-state index is 2.89. The van der Waals surface area contributed by atoms with Crippen LogP contribution in [-0.2, 0) is 0 Å². The highest BCUT2D eigenvalue weighted by atomic mass is 28.3. The van der Waals surface area contributed by atoms with Gasteiger partial charge in [-0.1, -0.05) is 31.6 Å². The highest BCUT2D eigenvalue weighted by molar-refractivity contribution is 6.77. The van der Waals surface area contributed by atoms with Crippen LogP contribution in [0.3, 0.4) is 0 Å². The molecular weight excluding hydrogens is 248 g/mol. The SMILES string of the molecule is CN(C)CCCN1CCCCC12CC[Si](C)(C)CC2. The molecule has 19 heavy (non-hydrogen) atoms. The summed E-state index contributed by atoms with van der Waals surface area (Å²) in [5, 5.41) is 0. The summed E-state index contributed by atoms with van der Waals surface area (Å²) in [6.45, 7) is 9.14. The second kappa shape index (κ2) is 6.27. The highest BCUT2D eigenvalue weighted by Gasteiger charge is 2.43. The number of nitrogens with zero attached hydrogens (tertiary/aromatic N) is 2. The number of piperidine rings is 1. The molecule has 1 spiro atoms. The molecule has 0 N–H and O–H groups in total. The number of hydrogen-bond donors (Lipinski definition) is 0. The van der Waals surface area contributed by atoms with E-state index in [2.05, 4.69) is 37.0 Å². The molecule has 2 fully saturated rings. The minimum absolute atomic E-state index is 0.618. The predicted molar refractivity (Wildman–Crippen MR) is 87.7 cm³/mol. The lowest BCUT2D eigenvalue weighted by Crippen LogP contribution is -2.56. The molecule has 2 heterocycles. The lowest BCUT2D eigenvalue weighted by atomic mass is 9.81. The normalized spacial score (nSPS) is 27.0. The van der Waals surface area contributed by atoms with E-state index in [4.69, 9.17) is 0 Å². The van der Waals surface area contributed by atoms with E-state index in [1.54, 1.807) is 12.1 Å². The fourth-order valence-electron chi connectivity index (χ4n) is 4.04. The second-order valence-corrected chi connectivity index (χ2v) is 13.3. The van der Waals surface area contributed by atoms with Gasteiger partial charge in [-0.05, 0) is 65.8 Å². The van der Waals surface area contributed by atoms with Gasteiger partial charge >= 0.3 is 0 Å². The van der Waals surface area contributed by atoms with Crippen molar-refractivity contribution < 1.29 is 0 Å². The summed E-state index contributed by atoms with van der Waals surface area (Å²) >= 11 is 0. The van der Waals surface area contributed by atoms with Crippen LogP contribution >= 0.6 is 0 Å². The Kier molecular flexibility index (Phi) is 5.13. The van der Waals surface area contributed by atoms with Crippen molar-refractivity contribution in [1.82, 2.24) is 9.80 Å². The van der Waals surface area contributed by atoms with Crippen LogP contribution in [-0.4, -0.2) is 57.1 Å². The average Bonchev–Trinajstić information content (AvgIpc) is 2.35. The first-order valence-corrected chi connectivity index (χ1v) is 11.7. The molecule has 2 nitrogen and oxygen atoms in total. The Balaban J connectivity index is 1.92. The van der Waals surface area contributed by atoms with Gasteiger partial charge in [0.05, 0.1) is 0 Å². The van der Waals surface area contributed by atoms with Crippen LogP contribution in [0.1, 0.15) is 38.5 Å². The summed E-state index contributed by atoms with van der Waals surface area (Å²) in [4.78, 5) is 5.22. The van der Waals surface area contributed by atoms with E-state index >= 15 is 0 Å². The monoisotopic (exact) mass is 282 g/mol. The average molecular weight is 283 g/mol. The van der Waals surface area contributed by atoms with Crippen molar-refractivity contribution in [3.8, 4) is 0 Å². The largest absolute Gasteiger partial charge is 0.309 e. The lowest BCUT2D eigenvalue weighted by Gasteiger charge is -2.52. The highest BCUT2D eigenvalue weighted by Crippen LogP contribution is 2.44. The van der Waals surface area contributed by atoms with Gasteiger partial charge in [0.1, 0.15) is 0 Å². The zero-order chi connectivity index (χ0) is 13.9. The molecule has 0 aromatic heterocycles. The van der Waals surface area contributed by atoms with Crippen molar-refractivity contribution in [2.75, 3.05) is 33.7 Å². The van der Waals surface area contributed by atoms with E-state index in [-0.39, 0.29) is 0 Å². The van der Waals surface area contributed by atoms with Crippen LogP contribution in [0.25, 0.3) is 0 Å². The molecule has 0 atom stereocenters. The molecule has 0 aromatic carbocycles. The molecule has 0 aromatic rings. The Bertz CT molecular complexity index is 278. The molecule has 0 amide bonds. The fraction of sp³-hybridized carbons (Fsp3) is 1.00. The van der Waals surface area contributed by atoms with Crippen LogP contribution < -0.4 is 0 Å². The molecular formula is C16H34N2Si. The fourth-order valence-corrected chi connectivity index (χ4v) is 6.57. The maximum Gasteiger partial charge on any atom is 0.0475 e. The van der Waals surface area contributed by atoms with Crippen LogP contribution in [0.5, 0.6) is 0 Å². The first-order valence-electron chi connectivity index (χ1n) is 8.33. The minimum Gasteiger partial charge on any atom is -0.309 e. The Labute approximate surface area is 121 Å². The topological polar surface area (TPSA) is 6.48 Å². The van der Waals surface area contributed by atoms with Crippen LogP contribution in [0, 0.1) is 0 Å². The zero-order valence-electron chi connectivity index (χ0n) is 13.7. The van der Waals surface area contributed by atoms with Gasteiger partial charge in [-0.15, -0.1) is 0 Å². The van der Waals surface area contributed by atoms with Gasteiger partial charge in [-0.2, -0.15) is 0 Å². The molecule has 2 aliphatic rings. The van der Waals surface area contributed by atoms with Crippen molar-refractivity contribution in [1.29, 1.82) is 0 Å². The van der Waals surface area contributed by atoms with Gasteiger partial charge in [0, 0.05) is 13.6 Å². The van der Waals surface area contributed by atoms with Crippen LogP contribution in [0.4, 0.5) is 0 Å². The minimum atomic E-state index is -0.814. The summed E-state index contributed by atoms with van der Waals surface area (Å²) in [6.07, 6.45) is 8.76. The molecule has 2 saturated heterocycles. The summed E-state index contributed by atoms with van der Waals surface area (Å²) < 4.78 is 0. The molecule has 2 aliphatic heterocycles. The number of likely N-dealkylation sites (tertiary alicyclic amines) is 1. The third-order valence-electron chi connectivity index (χ3n) is 5.56. The molecule has 0 unspecified atom stereocenters. The van der Waals surface area contributed by atoms with Gasteiger partial charge in [-0.25, -0.2) is 0 Å². The lowest BCUT2D eigenvalue weighted by molar-refractivity contribution is 0.0322. The van der Waals surface area contributed by atoms with Crippen molar-refractivity contribution >= 4 is 8.07 Å². The van der Waals surface area contributed by atoms with Gasteiger partial charge in [0.2, 0.25) is 0 Å². The molecule has 0 saturated carbocycles. The van der Waals surface area contributed by atoms with Gasteiger partial charge < -0.3 is 4.90 Å². The summed E-state index contributed by atoms with van der Waals surface area (Å²) in [7, 11) is 3.58.